The summed E-state index contributed by atoms with van der Waals surface area (Å²) in [7, 11) is -1.56. The van der Waals surface area contributed by atoms with E-state index in [-0.39, 0.29) is 19.0 Å². The summed E-state index contributed by atoms with van der Waals surface area (Å²) in [5.41, 5.74) is -0.240. The van der Waals surface area contributed by atoms with E-state index in [1.807, 2.05) is 6.92 Å². The number of amides is 1. The number of ether oxygens (including phenoxy) is 1. The van der Waals surface area contributed by atoms with Crippen LogP contribution < -0.4 is 0 Å². The van der Waals surface area contributed by atoms with Crippen LogP contribution in [0.1, 0.15) is 39.5 Å². The van der Waals surface area contributed by atoms with E-state index in [1.165, 1.54) is 4.31 Å². The highest BCUT2D eigenvalue weighted by Gasteiger charge is 2.52. The van der Waals surface area contributed by atoms with Gasteiger partial charge in [-0.3, -0.25) is 4.79 Å². The largest absolute Gasteiger partial charge is 0.450 e. The Hall–Kier alpha value is -1.41. The number of nitrogens with zero attached hydrogens (tertiary/aromatic N) is 2. The van der Waals surface area contributed by atoms with Gasteiger partial charge in [0.15, 0.2) is 0 Å². The maximum atomic E-state index is 12.9. The van der Waals surface area contributed by atoms with Gasteiger partial charge in [-0.25, -0.2) is 17.5 Å². The molecule has 2 heterocycles. The van der Waals surface area contributed by atoms with Gasteiger partial charge in [0.2, 0.25) is 10.0 Å². The van der Waals surface area contributed by atoms with Gasteiger partial charge in [-0.1, -0.05) is 13.3 Å². The van der Waals surface area contributed by atoms with E-state index in [4.69, 9.17) is 4.74 Å². The average molecular weight is 358 g/mol. The molecule has 0 aromatic rings. The normalized spacial score (nSPS) is 21.2. The second-order valence-electron chi connectivity index (χ2n) is 6.63. The molecular weight excluding hydrogens is 332 g/mol. The molecule has 0 saturated carbocycles. The molecule has 1 fully saturated rings. The highest BCUT2D eigenvalue weighted by atomic mass is 32.2. The van der Waals surface area contributed by atoms with E-state index in [0.29, 0.717) is 30.5 Å². The third-order valence-electron chi connectivity index (χ3n) is 4.83. The number of unbranched alkanes of at least 4 members (excludes halogenated alkanes) is 1. The number of likely N-dealkylation sites (N-methyl/N-ethyl adjacent to an activating group) is 1. The predicted octanol–water partition coefficient (Wildman–Crippen LogP) is 0.912. The van der Waals surface area contributed by atoms with Crippen LogP contribution in [-0.2, 0) is 24.3 Å². The first-order valence-corrected chi connectivity index (χ1v) is 10.1. The fourth-order valence-electron chi connectivity index (χ4n) is 3.32. The smallest absolute Gasteiger partial charge is 0.335 e. The second kappa shape index (κ2) is 6.84. The lowest BCUT2D eigenvalue weighted by atomic mass is 9.83. The highest BCUT2D eigenvalue weighted by molar-refractivity contribution is 7.88. The van der Waals surface area contributed by atoms with Gasteiger partial charge in [0.25, 0.3) is 5.91 Å². The number of carbonyl (C=O) groups is 2. The van der Waals surface area contributed by atoms with Crippen LogP contribution in [0, 0.1) is 0 Å². The first-order chi connectivity index (χ1) is 11.1. The number of piperidine rings is 1. The Morgan fingerprint density at radius 2 is 1.92 bits per heavy atom. The van der Waals surface area contributed by atoms with E-state index < -0.39 is 21.6 Å². The Morgan fingerprint density at radius 3 is 2.42 bits per heavy atom. The molecule has 1 amide bonds. The van der Waals surface area contributed by atoms with Crippen molar-refractivity contribution in [2.45, 2.75) is 45.1 Å². The molecule has 0 atom stereocenters. The van der Waals surface area contributed by atoms with Crippen LogP contribution in [0.5, 0.6) is 0 Å². The van der Waals surface area contributed by atoms with Crippen molar-refractivity contribution in [2.75, 3.05) is 32.9 Å². The molecule has 24 heavy (non-hydrogen) atoms. The number of hydrogen-bond acceptors (Lipinski definition) is 5. The Kier molecular flexibility index (Phi) is 5.39. The van der Waals surface area contributed by atoms with Crippen molar-refractivity contribution >= 4 is 21.9 Å². The van der Waals surface area contributed by atoms with E-state index in [0.717, 1.165) is 19.1 Å². The van der Waals surface area contributed by atoms with Crippen LogP contribution in [-0.4, -0.2) is 68.0 Å². The van der Waals surface area contributed by atoms with Crippen LogP contribution >= 0.6 is 0 Å². The molecule has 2 aliphatic heterocycles. The minimum absolute atomic E-state index is 0.195. The quantitative estimate of drug-likeness (QED) is 0.682. The Morgan fingerprint density at radius 1 is 1.33 bits per heavy atom. The van der Waals surface area contributed by atoms with Gasteiger partial charge in [0, 0.05) is 45.1 Å². The Balaban J connectivity index is 2.25. The van der Waals surface area contributed by atoms with E-state index >= 15 is 0 Å². The maximum absolute atomic E-state index is 12.9. The van der Waals surface area contributed by atoms with Gasteiger partial charge in [0.05, 0.1) is 11.8 Å². The van der Waals surface area contributed by atoms with Crippen LogP contribution in [0.4, 0.5) is 0 Å². The third-order valence-corrected chi connectivity index (χ3v) is 6.13. The van der Waals surface area contributed by atoms with Crippen molar-refractivity contribution in [3.63, 3.8) is 0 Å². The first-order valence-electron chi connectivity index (χ1n) is 8.27. The van der Waals surface area contributed by atoms with Crippen molar-refractivity contribution in [1.29, 1.82) is 0 Å². The molecule has 0 N–H and O–H groups in total. The van der Waals surface area contributed by atoms with Gasteiger partial charge in [-0.2, -0.15) is 0 Å². The van der Waals surface area contributed by atoms with Crippen LogP contribution in [0.3, 0.4) is 0 Å². The summed E-state index contributed by atoms with van der Waals surface area (Å²) in [6, 6.07) is 0. The zero-order chi connectivity index (χ0) is 18.1. The van der Waals surface area contributed by atoms with Crippen molar-refractivity contribution in [3.8, 4) is 0 Å². The van der Waals surface area contributed by atoms with Gasteiger partial charge in [-0.15, -0.1) is 0 Å². The zero-order valence-corrected chi connectivity index (χ0v) is 15.6. The summed E-state index contributed by atoms with van der Waals surface area (Å²) in [4.78, 5) is 26.6. The minimum Gasteiger partial charge on any atom is -0.450 e. The Bertz CT molecular complexity index is 660. The minimum atomic E-state index is -3.28. The topological polar surface area (TPSA) is 84.0 Å². The number of rotatable bonds is 5. The highest BCUT2D eigenvalue weighted by Crippen LogP contribution is 2.42. The first kappa shape index (κ1) is 18.9. The summed E-state index contributed by atoms with van der Waals surface area (Å²) >= 11 is 0. The fourth-order valence-corrected chi connectivity index (χ4v) is 4.17. The second-order valence-corrected chi connectivity index (χ2v) is 8.61. The number of carbonyl (C=O) groups excluding carboxylic acids is 2. The van der Waals surface area contributed by atoms with Gasteiger partial charge in [0.1, 0.15) is 5.60 Å². The molecule has 1 saturated heterocycles. The molecule has 0 unspecified atom stereocenters. The molecule has 0 aliphatic carbocycles. The zero-order valence-electron chi connectivity index (χ0n) is 14.8. The monoisotopic (exact) mass is 358 g/mol. The SMILES string of the molecule is CCCCN(C)C(=O)C1=C(C)C(=O)OC12CCN(S(C)(=O)=O)CC2. The molecule has 0 bridgehead atoms. The maximum Gasteiger partial charge on any atom is 0.335 e. The van der Waals surface area contributed by atoms with Crippen LogP contribution in [0.15, 0.2) is 11.1 Å². The van der Waals surface area contributed by atoms with E-state index in [1.54, 1.807) is 18.9 Å². The number of sulfonamides is 1. The third kappa shape index (κ3) is 3.49. The molecule has 0 aromatic carbocycles. The lowest BCUT2D eigenvalue weighted by molar-refractivity contribution is -0.150. The number of esters is 1. The molecular formula is C16H26N2O5S. The summed E-state index contributed by atoms with van der Waals surface area (Å²) < 4.78 is 30.3. The molecule has 1 spiro atoms. The lowest BCUT2D eigenvalue weighted by Crippen LogP contribution is -2.50. The summed E-state index contributed by atoms with van der Waals surface area (Å²) in [5.74, 6) is -0.672. The summed E-state index contributed by atoms with van der Waals surface area (Å²) in [6.07, 6.45) is 3.65. The van der Waals surface area contributed by atoms with Crippen LogP contribution in [0.2, 0.25) is 0 Å². The van der Waals surface area contributed by atoms with E-state index in [9.17, 15) is 18.0 Å². The lowest BCUT2D eigenvalue weighted by Gasteiger charge is -2.39. The van der Waals surface area contributed by atoms with E-state index in [2.05, 4.69) is 0 Å². The molecule has 0 aromatic heterocycles. The summed E-state index contributed by atoms with van der Waals surface area (Å²) in [6.45, 7) is 4.77. The average Bonchev–Trinajstić information content (AvgIpc) is 2.74. The standard InChI is InChI=1S/C16H26N2O5S/c1-5-6-9-17(3)14(19)13-12(2)15(20)23-16(13)7-10-18(11-8-16)24(4,21)22/h5-11H2,1-4H3. The molecule has 136 valence electrons. The molecule has 0 radical (unpaired) electrons. The molecule has 8 heteroatoms. The fraction of sp³-hybridized carbons (Fsp3) is 0.750. The van der Waals surface area contributed by atoms with Crippen molar-refractivity contribution in [3.05, 3.63) is 11.1 Å². The van der Waals surface area contributed by atoms with Gasteiger partial charge < -0.3 is 9.64 Å². The van der Waals surface area contributed by atoms with Crippen molar-refractivity contribution in [2.24, 2.45) is 0 Å². The van der Waals surface area contributed by atoms with Crippen molar-refractivity contribution < 1.29 is 22.7 Å². The molecule has 7 nitrogen and oxygen atoms in total. The van der Waals surface area contributed by atoms with Gasteiger partial charge >= 0.3 is 5.97 Å². The summed E-state index contributed by atoms with van der Waals surface area (Å²) in [5, 5.41) is 0. The predicted molar refractivity (Wildman–Crippen MR) is 89.7 cm³/mol. The molecule has 2 rings (SSSR count). The van der Waals surface area contributed by atoms with Crippen LogP contribution in [0.25, 0.3) is 0 Å². The molecule has 2 aliphatic rings. The van der Waals surface area contributed by atoms with Gasteiger partial charge in [-0.05, 0) is 13.3 Å². The Labute approximate surface area is 143 Å². The van der Waals surface area contributed by atoms with Crippen molar-refractivity contribution in [1.82, 2.24) is 9.21 Å². The number of hydrogen-bond donors (Lipinski definition) is 0.